The zero-order valence-corrected chi connectivity index (χ0v) is 14.5. The highest BCUT2D eigenvalue weighted by Gasteiger charge is 2.20. The third-order valence-electron chi connectivity index (χ3n) is 4.05. The number of hydrogen-bond donors (Lipinski definition) is 1. The summed E-state index contributed by atoms with van der Waals surface area (Å²) >= 11 is 6.06. The van der Waals surface area contributed by atoms with Crippen LogP contribution in [0.3, 0.4) is 0 Å². The molecule has 0 bridgehead atoms. The van der Waals surface area contributed by atoms with Gasteiger partial charge in [-0.25, -0.2) is 0 Å². The maximum atomic E-state index is 12.4. The molecule has 0 aliphatic carbocycles. The SMILES string of the molecule is COc1ccc(NC(=O)c2cncc(C(=O)N3CCCC3)c2)cc1Cl. The maximum absolute atomic E-state index is 12.4. The van der Waals surface area contributed by atoms with E-state index in [1.165, 1.54) is 19.5 Å². The van der Waals surface area contributed by atoms with Gasteiger partial charge in [0.05, 0.1) is 23.3 Å². The Morgan fingerprint density at radius 2 is 1.88 bits per heavy atom. The Morgan fingerprint density at radius 3 is 2.56 bits per heavy atom. The molecule has 7 heteroatoms. The number of methoxy groups -OCH3 is 1. The lowest BCUT2D eigenvalue weighted by Gasteiger charge is -2.15. The van der Waals surface area contributed by atoms with Crippen LogP contribution in [0.15, 0.2) is 36.7 Å². The van der Waals surface area contributed by atoms with E-state index in [4.69, 9.17) is 16.3 Å². The molecule has 25 heavy (non-hydrogen) atoms. The van der Waals surface area contributed by atoms with Crippen molar-refractivity contribution < 1.29 is 14.3 Å². The lowest BCUT2D eigenvalue weighted by Crippen LogP contribution is -2.28. The number of nitrogens with zero attached hydrogens (tertiary/aromatic N) is 2. The number of anilines is 1. The van der Waals surface area contributed by atoms with Crippen molar-refractivity contribution in [3.05, 3.63) is 52.8 Å². The molecule has 1 aliphatic heterocycles. The van der Waals surface area contributed by atoms with Crippen molar-refractivity contribution >= 4 is 29.1 Å². The van der Waals surface area contributed by atoms with Gasteiger partial charge >= 0.3 is 0 Å². The van der Waals surface area contributed by atoms with E-state index in [0.29, 0.717) is 27.6 Å². The van der Waals surface area contributed by atoms with Gasteiger partial charge in [-0.15, -0.1) is 0 Å². The number of halogens is 1. The molecule has 1 aromatic carbocycles. The Hall–Kier alpha value is -2.60. The van der Waals surface area contributed by atoms with Crippen LogP contribution in [0.2, 0.25) is 5.02 Å². The summed E-state index contributed by atoms with van der Waals surface area (Å²) in [5, 5.41) is 3.14. The number of aromatic nitrogens is 1. The van der Waals surface area contributed by atoms with Gasteiger partial charge < -0.3 is 15.0 Å². The summed E-state index contributed by atoms with van der Waals surface area (Å²) < 4.78 is 5.08. The van der Waals surface area contributed by atoms with E-state index in [1.54, 1.807) is 29.2 Å². The summed E-state index contributed by atoms with van der Waals surface area (Å²) in [6.07, 6.45) is 4.94. The van der Waals surface area contributed by atoms with Gasteiger partial charge in [0.2, 0.25) is 0 Å². The predicted octanol–water partition coefficient (Wildman–Crippen LogP) is 3.23. The molecule has 1 aromatic heterocycles. The van der Waals surface area contributed by atoms with Gasteiger partial charge in [-0.05, 0) is 37.1 Å². The molecule has 0 radical (unpaired) electrons. The van der Waals surface area contributed by atoms with Gasteiger partial charge in [-0.2, -0.15) is 0 Å². The van der Waals surface area contributed by atoms with Gasteiger partial charge in [0.15, 0.2) is 0 Å². The quantitative estimate of drug-likeness (QED) is 0.909. The first-order chi connectivity index (χ1) is 12.1. The lowest BCUT2D eigenvalue weighted by molar-refractivity contribution is 0.0792. The fourth-order valence-corrected chi connectivity index (χ4v) is 2.99. The molecule has 0 spiro atoms. The van der Waals surface area contributed by atoms with Crippen LogP contribution in [0, 0.1) is 0 Å². The molecule has 130 valence electrons. The normalized spacial score (nSPS) is 13.6. The molecule has 6 nitrogen and oxygen atoms in total. The maximum Gasteiger partial charge on any atom is 0.257 e. The Morgan fingerprint density at radius 1 is 1.16 bits per heavy atom. The molecular formula is C18H18ClN3O3. The van der Waals surface area contributed by atoms with Crippen LogP contribution >= 0.6 is 11.6 Å². The zero-order chi connectivity index (χ0) is 17.8. The minimum atomic E-state index is -0.357. The standard InChI is InChI=1S/C18H18ClN3O3/c1-25-16-5-4-14(9-15(16)19)21-17(23)12-8-13(11-20-10-12)18(24)22-6-2-3-7-22/h4-5,8-11H,2-3,6-7H2,1H3,(H,21,23). The second-order valence-corrected chi connectivity index (χ2v) is 6.17. The van der Waals surface area contributed by atoms with Crippen molar-refractivity contribution in [2.24, 2.45) is 0 Å². The summed E-state index contributed by atoms with van der Waals surface area (Å²) in [6.45, 7) is 1.50. The van der Waals surface area contributed by atoms with Crippen LogP contribution in [0.1, 0.15) is 33.6 Å². The van der Waals surface area contributed by atoms with Crippen molar-refractivity contribution in [3.63, 3.8) is 0 Å². The van der Waals surface area contributed by atoms with Crippen molar-refractivity contribution in [2.45, 2.75) is 12.8 Å². The second-order valence-electron chi connectivity index (χ2n) is 5.77. The number of benzene rings is 1. The van der Waals surface area contributed by atoms with Crippen LogP contribution in [-0.4, -0.2) is 41.9 Å². The number of nitrogens with one attached hydrogen (secondary N) is 1. The smallest absolute Gasteiger partial charge is 0.257 e. The third-order valence-corrected chi connectivity index (χ3v) is 4.35. The van der Waals surface area contributed by atoms with E-state index in [1.807, 2.05) is 0 Å². The highest BCUT2D eigenvalue weighted by atomic mass is 35.5. The van der Waals surface area contributed by atoms with E-state index in [-0.39, 0.29) is 11.8 Å². The Balaban J connectivity index is 1.75. The minimum Gasteiger partial charge on any atom is -0.495 e. The fraction of sp³-hybridized carbons (Fsp3) is 0.278. The molecule has 0 unspecified atom stereocenters. The van der Waals surface area contributed by atoms with Crippen LogP contribution < -0.4 is 10.1 Å². The molecule has 2 aromatic rings. The molecular weight excluding hydrogens is 342 g/mol. The van der Waals surface area contributed by atoms with Gasteiger partial charge in [0.25, 0.3) is 11.8 Å². The van der Waals surface area contributed by atoms with Gasteiger partial charge in [-0.1, -0.05) is 11.6 Å². The second kappa shape index (κ2) is 7.53. The number of amides is 2. The van der Waals surface area contributed by atoms with Crippen molar-refractivity contribution in [2.75, 3.05) is 25.5 Å². The zero-order valence-electron chi connectivity index (χ0n) is 13.8. The highest BCUT2D eigenvalue weighted by Crippen LogP contribution is 2.27. The number of likely N-dealkylation sites (tertiary alicyclic amines) is 1. The Labute approximate surface area is 150 Å². The van der Waals surface area contributed by atoms with E-state index in [2.05, 4.69) is 10.3 Å². The van der Waals surface area contributed by atoms with Crippen LogP contribution in [-0.2, 0) is 0 Å². The van der Waals surface area contributed by atoms with Gasteiger partial charge in [0, 0.05) is 31.2 Å². The Bertz CT molecular complexity index is 804. The van der Waals surface area contributed by atoms with E-state index < -0.39 is 0 Å². The molecule has 1 aliphatic rings. The first-order valence-corrected chi connectivity index (χ1v) is 8.35. The fourth-order valence-electron chi connectivity index (χ4n) is 2.73. The monoisotopic (exact) mass is 359 g/mol. The number of hydrogen-bond acceptors (Lipinski definition) is 4. The lowest BCUT2D eigenvalue weighted by atomic mass is 10.1. The van der Waals surface area contributed by atoms with Crippen molar-refractivity contribution in [3.8, 4) is 5.75 Å². The van der Waals surface area contributed by atoms with Crippen molar-refractivity contribution in [1.82, 2.24) is 9.88 Å². The first kappa shape index (κ1) is 17.2. The molecule has 2 amide bonds. The van der Waals surface area contributed by atoms with E-state index in [0.717, 1.165) is 25.9 Å². The van der Waals surface area contributed by atoms with Crippen molar-refractivity contribution in [1.29, 1.82) is 0 Å². The van der Waals surface area contributed by atoms with Gasteiger partial charge in [-0.3, -0.25) is 14.6 Å². The summed E-state index contributed by atoms with van der Waals surface area (Å²) in [5.41, 5.74) is 1.27. The molecule has 0 saturated carbocycles. The van der Waals surface area contributed by atoms with Crippen LogP contribution in [0.25, 0.3) is 0 Å². The number of ether oxygens (including phenoxy) is 1. The minimum absolute atomic E-state index is 0.0906. The topological polar surface area (TPSA) is 71.5 Å². The first-order valence-electron chi connectivity index (χ1n) is 7.97. The third kappa shape index (κ3) is 3.91. The summed E-state index contributed by atoms with van der Waals surface area (Å²) in [6, 6.07) is 6.53. The number of pyridine rings is 1. The molecule has 2 heterocycles. The molecule has 3 rings (SSSR count). The molecule has 1 N–H and O–H groups in total. The number of carbonyl (C=O) groups excluding carboxylic acids is 2. The van der Waals surface area contributed by atoms with E-state index in [9.17, 15) is 9.59 Å². The largest absolute Gasteiger partial charge is 0.495 e. The number of rotatable bonds is 4. The average molecular weight is 360 g/mol. The Kier molecular flexibility index (Phi) is 5.19. The molecule has 1 saturated heterocycles. The summed E-state index contributed by atoms with van der Waals surface area (Å²) in [7, 11) is 1.52. The molecule has 0 atom stereocenters. The summed E-state index contributed by atoms with van der Waals surface area (Å²) in [5.74, 6) is 0.0801. The number of carbonyl (C=O) groups is 2. The summed E-state index contributed by atoms with van der Waals surface area (Å²) in [4.78, 5) is 30.7. The molecule has 1 fully saturated rings. The average Bonchev–Trinajstić information content (AvgIpc) is 3.16. The highest BCUT2D eigenvalue weighted by molar-refractivity contribution is 6.32. The van der Waals surface area contributed by atoms with Crippen LogP contribution in [0.5, 0.6) is 5.75 Å². The van der Waals surface area contributed by atoms with Gasteiger partial charge in [0.1, 0.15) is 5.75 Å². The van der Waals surface area contributed by atoms with E-state index >= 15 is 0 Å². The van der Waals surface area contributed by atoms with Crippen LogP contribution in [0.4, 0.5) is 5.69 Å². The predicted molar refractivity (Wildman–Crippen MR) is 95.3 cm³/mol.